The first kappa shape index (κ1) is 28.6. The van der Waals surface area contributed by atoms with Crippen molar-refractivity contribution in [3.05, 3.63) is 130 Å². The molecule has 46 heavy (non-hydrogen) atoms. The van der Waals surface area contributed by atoms with Crippen LogP contribution in [0.15, 0.2) is 97.1 Å². The van der Waals surface area contributed by atoms with Crippen molar-refractivity contribution >= 4 is 0 Å². The Labute approximate surface area is 273 Å². The Morgan fingerprint density at radius 1 is 0.522 bits per heavy atom. The van der Waals surface area contributed by atoms with Crippen LogP contribution < -0.4 is 9.47 Å². The SMILES string of the molecule is c1ccc2c(c1)Cc1ccccc1C2(c1ccc(OCCC2CCC3OC3C2)cc1)c1ccc(OCCC2CCC3OC3C2)cc1. The molecule has 4 nitrogen and oxygen atoms in total. The van der Waals surface area contributed by atoms with E-state index < -0.39 is 5.41 Å². The van der Waals surface area contributed by atoms with E-state index in [9.17, 15) is 0 Å². The van der Waals surface area contributed by atoms with Gasteiger partial charge in [0.2, 0.25) is 0 Å². The maximum atomic E-state index is 6.32. The molecule has 6 atom stereocenters. The van der Waals surface area contributed by atoms with Gasteiger partial charge in [-0.15, -0.1) is 0 Å². The molecule has 4 aromatic rings. The van der Waals surface area contributed by atoms with Crippen LogP contribution in [0.3, 0.4) is 0 Å². The highest BCUT2D eigenvalue weighted by atomic mass is 16.6. The smallest absolute Gasteiger partial charge is 0.119 e. The summed E-state index contributed by atoms with van der Waals surface area (Å²) >= 11 is 0. The lowest BCUT2D eigenvalue weighted by Crippen LogP contribution is -2.36. The van der Waals surface area contributed by atoms with Gasteiger partial charge in [0.1, 0.15) is 11.5 Å². The normalized spacial score (nSPS) is 28.2. The molecule has 2 saturated carbocycles. The summed E-state index contributed by atoms with van der Waals surface area (Å²) in [7, 11) is 0. The molecule has 0 bridgehead atoms. The van der Waals surface area contributed by atoms with Crippen molar-refractivity contribution in [1.29, 1.82) is 0 Å². The molecule has 2 aliphatic heterocycles. The molecule has 236 valence electrons. The van der Waals surface area contributed by atoms with Crippen LogP contribution in [-0.4, -0.2) is 37.6 Å². The largest absolute Gasteiger partial charge is 0.494 e. The summed E-state index contributed by atoms with van der Waals surface area (Å²) in [5.41, 5.74) is 7.55. The Kier molecular flexibility index (Phi) is 7.39. The van der Waals surface area contributed by atoms with Gasteiger partial charge in [0.25, 0.3) is 0 Å². The number of benzene rings is 4. The van der Waals surface area contributed by atoms with Gasteiger partial charge in [-0.2, -0.15) is 0 Å². The maximum absolute atomic E-state index is 6.32. The minimum Gasteiger partial charge on any atom is -0.494 e. The summed E-state index contributed by atoms with van der Waals surface area (Å²) in [6.07, 6.45) is 12.7. The molecule has 0 amide bonds. The third-order valence-corrected chi connectivity index (χ3v) is 11.6. The fourth-order valence-electron chi connectivity index (χ4n) is 9.01. The molecular formula is C42H44O4. The highest BCUT2D eigenvalue weighted by Gasteiger charge is 2.45. The second kappa shape index (κ2) is 11.9. The van der Waals surface area contributed by atoms with Crippen LogP contribution >= 0.6 is 0 Å². The predicted molar refractivity (Wildman–Crippen MR) is 180 cm³/mol. The van der Waals surface area contributed by atoms with Crippen LogP contribution in [0.4, 0.5) is 0 Å². The average molecular weight is 613 g/mol. The third kappa shape index (κ3) is 5.34. The Bertz CT molecular complexity index is 1550. The van der Waals surface area contributed by atoms with E-state index in [1.807, 2.05) is 0 Å². The number of fused-ring (bicyclic) bond motifs is 4. The summed E-state index contributed by atoms with van der Waals surface area (Å²) in [6.45, 7) is 1.52. The van der Waals surface area contributed by atoms with E-state index in [1.54, 1.807) is 0 Å². The molecule has 0 aromatic heterocycles. The zero-order chi connectivity index (χ0) is 30.5. The zero-order valence-corrected chi connectivity index (χ0v) is 26.6. The molecule has 6 unspecified atom stereocenters. The van der Waals surface area contributed by atoms with Crippen LogP contribution in [-0.2, 0) is 21.3 Å². The first-order valence-electron chi connectivity index (χ1n) is 17.7. The molecule has 9 rings (SSSR count). The van der Waals surface area contributed by atoms with E-state index in [0.717, 1.165) is 55.8 Å². The fourth-order valence-corrected chi connectivity index (χ4v) is 9.01. The van der Waals surface area contributed by atoms with Crippen LogP contribution in [0.5, 0.6) is 11.5 Å². The Balaban J connectivity index is 0.992. The van der Waals surface area contributed by atoms with Crippen molar-refractivity contribution in [3.63, 3.8) is 0 Å². The first-order valence-corrected chi connectivity index (χ1v) is 17.7. The van der Waals surface area contributed by atoms with Crippen LogP contribution in [0, 0.1) is 11.8 Å². The van der Waals surface area contributed by atoms with Gasteiger partial charge < -0.3 is 18.9 Å². The Morgan fingerprint density at radius 3 is 1.43 bits per heavy atom. The number of rotatable bonds is 10. The Morgan fingerprint density at radius 2 is 0.978 bits per heavy atom. The molecule has 2 saturated heterocycles. The second-order valence-corrected chi connectivity index (χ2v) is 14.3. The quantitative estimate of drug-likeness (QED) is 0.148. The Hall–Kier alpha value is -3.60. The van der Waals surface area contributed by atoms with E-state index in [1.165, 1.54) is 71.9 Å². The standard InChI is InChI=1S/C42H44O4/c1-3-7-36-30(5-1)27-31-6-2-4-8-37(31)42(36,32-11-15-34(16-12-32)43-23-21-28-9-19-38-40(25-28)45-38)33-13-17-35(18-14-33)44-24-22-29-10-20-39-41(26-29)46-39/h1-8,11-18,28-29,38-41H,9-10,19-27H2. The van der Waals surface area contributed by atoms with Gasteiger partial charge in [-0.05, 0) is 127 Å². The van der Waals surface area contributed by atoms with Crippen molar-refractivity contribution in [2.45, 2.75) is 87.6 Å². The lowest BCUT2D eigenvalue weighted by atomic mass is 9.60. The van der Waals surface area contributed by atoms with Crippen molar-refractivity contribution in [2.75, 3.05) is 13.2 Å². The van der Waals surface area contributed by atoms with Crippen LogP contribution in [0.2, 0.25) is 0 Å². The lowest BCUT2D eigenvalue weighted by Gasteiger charge is -2.42. The average Bonchev–Trinajstić information content (AvgIpc) is 4.03. The third-order valence-electron chi connectivity index (χ3n) is 11.6. The molecule has 0 radical (unpaired) electrons. The second-order valence-electron chi connectivity index (χ2n) is 14.3. The zero-order valence-electron chi connectivity index (χ0n) is 26.6. The maximum Gasteiger partial charge on any atom is 0.119 e. The fraction of sp³-hybridized carbons (Fsp3) is 0.429. The molecule has 2 heterocycles. The molecule has 4 fully saturated rings. The van der Waals surface area contributed by atoms with E-state index in [4.69, 9.17) is 18.9 Å². The number of ether oxygens (including phenoxy) is 4. The predicted octanol–water partition coefficient (Wildman–Crippen LogP) is 8.65. The molecule has 5 aliphatic rings. The van der Waals surface area contributed by atoms with Crippen molar-refractivity contribution in [3.8, 4) is 11.5 Å². The summed E-state index contributed by atoms with van der Waals surface area (Å²) in [5.74, 6) is 3.33. The van der Waals surface area contributed by atoms with Gasteiger partial charge >= 0.3 is 0 Å². The number of hydrogen-bond acceptors (Lipinski definition) is 4. The van der Waals surface area contributed by atoms with Gasteiger partial charge in [-0.25, -0.2) is 0 Å². The minimum absolute atomic E-state index is 0.436. The van der Waals surface area contributed by atoms with Crippen LogP contribution in [0.25, 0.3) is 0 Å². The molecule has 4 heteroatoms. The summed E-state index contributed by atoms with van der Waals surface area (Å²) in [6, 6.07) is 35.9. The van der Waals surface area contributed by atoms with Crippen molar-refractivity contribution in [2.24, 2.45) is 11.8 Å². The minimum atomic E-state index is -0.436. The highest BCUT2D eigenvalue weighted by Crippen LogP contribution is 2.51. The molecule has 0 spiro atoms. The molecular weight excluding hydrogens is 568 g/mol. The lowest BCUT2D eigenvalue weighted by molar-refractivity contribution is 0.253. The van der Waals surface area contributed by atoms with Gasteiger partial charge in [0, 0.05) is 0 Å². The molecule has 4 aromatic carbocycles. The first-order chi connectivity index (χ1) is 22.7. The van der Waals surface area contributed by atoms with Gasteiger partial charge in [-0.1, -0.05) is 72.8 Å². The summed E-state index contributed by atoms with van der Waals surface area (Å²) < 4.78 is 24.1. The van der Waals surface area contributed by atoms with Gasteiger partial charge in [0.15, 0.2) is 0 Å². The van der Waals surface area contributed by atoms with Crippen molar-refractivity contribution < 1.29 is 18.9 Å². The van der Waals surface area contributed by atoms with Crippen LogP contribution in [0.1, 0.15) is 84.7 Å². The summed E-state index contributed by atoms with van der Waals surface area (Å²) in [4.78, 5) is 0. The van der Waals surface area contributed by atoms with Gasteiger partial charge in [-0.3, -0.25) is 0 Å². The van der Waals surface area contributed by atoms with E-state index in [0.29, 0.717) is 24.4 Å². The highest BCUT2D eigenvalue weighted by molar-refractivity contribution is 5.67. The molecule has 0 N–H and O–H groups in total. The monoisotopic (exact) mass is 612 g/mol. The molecule has 3 aliphatic carbocycles. The van der Waals surface area contributed by atoms with Gasteiger partial charge in [0.05, 0.1) is 43.0 Å². The number of epoxide rings is 2. The number of hydrogen-bond donors (Lipinski definition) is 0. The van der Waals surface area contributed by atoms with E-state index in [2.05, 4.69) is 97.1 Å². The van der Waals surface area contributed by atoms with E-state index >= 15 is 0 Å². The van der Waals surface area contributed by atoms with Crippen molar-refractivity contribution in [1.82, 2.24) is 0 Å². The topological polar surface area (TPSA) is 43.5 Å². The van der Waals surface area contributed by atoms with E-state index in [-0.39, 0.29) is 0 Å². The summed E-state index contributed by atoms with van der Waals surface area (Å²) in [5, 5.41) is 0.